The van der Waals surface area contributed by atoms with Crippen LogP contribution in [0, 0.1) is 5.92 Å². The molecule has 1 unspecified atom stereocenters. The number of carbonyl (C=O) groups is 5. The molecule has 8 rings (SSSR count). The maximum Gasteiger partial charge on any atom is 0.262 e. The number of rotatable bonds is 12. The lowest BCUT2D eigenvalue weighted by Gasteiger charge is -2.36. The Hall–Kier alpha value is -5.84. The van der Waals surface area contributed by atoms with E-state index < -0.39 is 29.7 Å². The first-order valence-electron chi connectivity index (χ1n) is 18.2. The van der Waals surface area contributed by atoms with Crippen molar-refractivity contribution in [1.29, 1.82) is 0 Å². The first-order chi connectivity index (χ1) is 25.5. The molecule has 3 heterocycles. The Morgan fingerprint density at radius 1 is 0.849 bits per heavy atom. The third-order valence-electron chi connectivity index (χ3n) is 10.8. The zero-order valence-corrected chi connectivity index (χ0v) is 29.6. The smallest absolute Gasteiger partial charge is 0.262 e. The Labute approximate surface area is 307 Å². The van der Waals surface area contributed by atoms with E-state index in [0.29, 0.717) is 11.4 Å². The lowest BCUT2D eigenvalue weighted by Crippen LogP contribution is -2.54. The maximum absolute atomic E-state index is 13.2. The second kappa shape index (κ2) is 13.6. The summed E-state index contributed by atoms with van der Waals surface area (Å²) in [5.41, 5.74) is 4.50. The van der Waals surface area contributed by atoms with Gasteiger partial charge in [-0.05, 0) is 85.0 Å². The van der Waals surface area contributed by atoms with Gasteiger partial charge < -0.3 is 14.8 Å². The molecule has 1 aromatic heterocycles. The molecule has 11 nitrogen and oxygen atoms in total. The number of aromatic nitrogens is 1. The number of Topliss-reactive ketones (excluding diaryl/α,β-unsaturated/α-hetero) is 1. The van der Waals surface area contributed by atoms with Gasteiger partial charge in [-0.1, -0.05) is 44.2 Å². The third-order valence-corrected chi connectivity index (χ3v) is 10.8. The molecule has 0 radical (unpaired) electrons. The van der Waals surface area contributed by atoms with Crippen LogP contribution in [0.15, 0.2) is 84.9 Å². The summed E-state index contributed by atoms with van der Waals surface area (Å²) >= 11 is 0. The van der Waals surface area contributed by atoms with Crippen LogP contribution < -0.4 is 20.1 Å². The van der Waals surface area contributed by atoms with Crippen molar-refractivity contribution in [1.82, 2.24) is 15.2 Å². The van der Waals surface area contributed by atoms with Crippen LogP contribution in [0.2, 0.25) is 0 Å². The number of benzene rings is 3. The Kier molecular flexibility index (Phi) is 8.80. The van der Waals surface area contributed by atoms with Gasteiger partial charge in [0.2, 0.25) is 11.8 Å². The van der Waals surface area contributed by atoms with E-state index in [2.05, 4.69) is 53.7 Å². The van der Waals surface area contributed by atoms with E-state index in [4.69, 9.17) is 9.47 Å². The molecule has 1 atom stereocenters. The average molecular weight is 713 g/mol. The van der Waals surface area contributed by atoms with Gasteiger partial charge in [0.25, 0.3) is 11.8 Å². The van der Waals surface area contributed by atoms with Crippen molar-refractivity contribution in [2.24, 2.45) is 5.92 Å². The first-order valence-corrected chi connectivity index (χ1v) is 18.2. The van der Waals surface area contributed by atoms with Crippen molar-refractivity contribution in [3.05, 3.63) is 119 Å². The fourth-order valence-electron chi connectivity index (χ4n) is 7.26. The van der Waals surface area contributed by atoms with Crippen LogP contribution in [0.5, 0.6) is 11.5 Å². The predicted octanol–water partition coefficient (Wildman–Crippen LogP) is 6.00. The van der Waals surface area contributed by atoms with Crippen LogP contribution in [0.1, 0.15) is 100 Å². The van der Waals surface area contributed by atoms with Crippen molar-refractivity contribution in [3.8, 4) is 11.5 Å². The Morgan fingerprint density at radius 3 is 2.21 bits per heavy atom. The Morgan fingerprint density at radius 2 is 1.53 bits per heavy atom. The summed E-state index contributed by atoms with van der Waals surface area (Å²) < 4.78 is 12.3. The highest BCUT2D eigenvalue weighted by atomic mass is 16.5. The predicted molar refractivity (Wildman–Crippen MR) is 195 cm³/mol. The number of anilines is 1. The SMILES string of the molecule is CC(C)(c1ccc(OCc2cccc(C(=O)C3CC3)n2)cc1)c1ccc(OC2CC(Nc3ccc4c(c3)C(=O)N(C3CCC(=O)NC3=O)C4=O)C2)cc1. The minimum atomic E-state index is -0.988. The van der Waals surface area contributed by atoms with Crippen LogP contribution in [-0.2, 0) is 21.6 Å². The third kappa shape index (κ3) is 6.91. The molecule has 4 aromatic rings. The quantitative estimate of drug-likeness (QED) is 0.134. The van der Waals surface area contributed by atoms with Gasteiger partial charge in [-0.25, -0.2) is 4.98 Å². The molecule has 2 aliphatic heterocycles. The fourth-order valence-corrected chi connectivity index (χ4v) is 7.26. The van der Waals surface area contributed by atoms with Crippen molar-refractivity contribution >= 4 is 35.1 Å². The largest absolute Gasteiger partial charge is 0.490 e. The molecule has 0 bridgehead atoms. The van der Waals surface area contributed by atoms with E-state index in [1.54, 1.807) is 24.3 Å². The number of piperidine rings is 1. The molecule has 0 spiro atoms. The molecule has 11 heteroatoms. The van der Waals surface area contributed by atoms with Crippen molar-refractivity contribution in [2.75, 3.05) is 5.32 Å². The van der Waals surface area contributed by atoms with Gasteiger partial charge in [0.15, 0.2) is 5.78 Å². The van der Waals surface area contributed by atoms with Crippen molar-refractivity contribution < 1.29 is 33.4 Å². The van der Waals surface area contributed by atoms with Crippen LogP contribution in [0.4, 0.5) is 5.69 Å². The zero-order valence-electron chi connectivity index (χ0n) is 29.6. The fraction of sp³-hybridized carbons (Fsp3) is 0.333. The summed E-state index contributed by atoms with van der Waals surface area (Å²) in [6.45, 7) is 4.65. The maximum atomic E-state index is 13.2. The van der Waals surface area contributed by atoms with Crippen molar-refractivity contribution in [2.45, 2.75) is 82.6 Å². The number of nitrogens with zero attached hydrogens (tertiary/aromatic N) is 2. The van der Waals surface area contributed by atoms with E-state index in [0.717, 1.165) is 58.9 Å². The molecule has 3 aromatic carbocycles. The molecule has 2 N–H and O–H groups in total. The number of carbonyl (C=O) groups excluding carboxylic acids is 5. The highest BCUT2D eigenvalue weighted by Gasteiger charge is 2.45. The van der Waals surface area contributed by atoms with E-state index in [-0.39, 0.29) is 59.8 Å². The van der Waals surface area contributed by atoms with E-state index >= 15 is 0 Å². The minimum Gasteiger partial charge on any atom is -0.490 e. The molecule has 4 aliphatic rings. The molecule has 3 fully saturated rings. The Balaban J connectivity index is 0.819. The number of amides is 4. The standard InChI is InChI=1S/C42H40N4O7/c1-42(2,25-8-13-30(14-9-25)52-23-28-4-3-5-35(44-28)38(48)24-6-7-24)26-10-15-31(16-11-26)53-32-20-29(21-32)43-27-12-17-33-34(22-27)41(51)46(40(33)50)36-18-19-37(47)45-39(36)49/h3-5,8-17,22,24,29,32,36,43H,6-7,18-21,23H2,1-2H3,(H,45,47,49). The molecule has 2 saturated carbocycles. The van der Waals surface area contributed by atoms with Crippen LogP contribution in [0.3, 0.4) is 0 Å². The molecule has 53 heavy (non-hydrogen) atoms. The second-order valence-corrected chi connectivity index (χ2v) is 14.9. The van der Waals surface area contributed by atoms with E-state index in [9.17, 15) is 24.0 Å². The van der Waals surface area contributed by atoms with E-state index in [1.165, 1.54) is 0 Å². The number of imide groups is 2. The summed E-state index contributed by atoms with van der Waals surface area (Å²) in [4.78, 5) is 68.0. The normalized spacial score (nSPS) is 21.1. The number of hydrogen-bond donors (Lipinski definition) is 2. The number of ketones is 1. The number of fused-ring (bicyclic) bond motifs is 1. The minimum absolute atomic E-state index is 0.0379. The van der Waals surface area contributed by atoms with Gasteiger partial charge in [0.05, 0.1) is 16.8 Å². The molecule has 4 amide bonds. The Bertz CT molecular complexity index is 2120. The van der Waals surface area contributed by atoms with Gasteiger partial charge in [-0.3, -0.25) is 34.2 Å². The molecular formula is C42H40N4O7. The number of pyridine rings is 1. The highest BCUT2D eigenvalue weighted by Crippen LogP contribution is 2.36. The number of hydrogen-bond acceptors (Lipinski definition) is 9. The lowest BCUT2D eigenvalue weighted by molar-refractivity contribution is -0.136. The van der Waals surface area contributed by atoms with Gasteiger partial charge in [-0.2, -0.15) is 0 Å². The molecule has 2 aliphatic carbocycles. The average Bonchev–Trinajstić information content (AvgIpc) is 3.97. The highest BCUT2D eigenvalue weighted by molar-refractivity contribution is 6.23. The second-order valence-electron chi connectivity index (χ2n) is 14.9. The van der Waals surface area contributed by atoms with Gasteiger partial charge in [0.1, 0.15) is 35.9 Å². The molecule has 270 valence electrons. The molecule has 1 saturated heterocycles. The van der Waals surface area contributed by atoms with Gasteiger partial charge >= 0.3 is 0 Å². The molecular weight excluding hydrogens is 672 g/mol. The van der Waals surface area contributed by atoms with Crippen molar-refractivity contribution in [3.63, 3.8) is 0 Å². The van der Waals surface area contributed by atoms with Crippen LogP contribution in [-0.4, -0.2) is 57.5 Å². The summed E-state index contributed by atoms with van der Waals surface area (Å²) in [5.74, 6) is -0.278. The lowest BCUT2D eigenvalue weighted by atomic mass is 9.78. The number of nitrogens with one attached hydrogen (secondary N) is 2. The summed E-state index contributed by atoms with van der Waals surface area (Å²) in [7, 11) is 0. The van der Waals surface area contributed by atoms with Crippen LogP contribution in [0.25, 0.3) is 0 Å². The van der Waals surface area contributed by atoms with Gasteiger partial charge in [0, 0.05) is 42.3 Å². The van der Waals surface area contributed by atoms with Gasteiger partial charge in [-0.15, -0.1) is 0 Å². The monoisotopic (exact) mass is 712 g/mol. The topological polar surface area (TPSA) is 144 Å². The summed E-state index contributed by atoms with van der Waals surface area (Å²) in [5, 5.41) is 5.66. The van der Waals surface area contributed by atoms with E-state index in [1.807, 2.05) is 36.4 Å². The summed E-state index contributed by atoms with van der Waals surface area (Å²) in [6, 6.07) is 26.0. The summed E-state index contributed by atoms with van der Waals surface area (Å²) in [6.07, 6.45) is 3.69. The first kappa shape index (κ1) is 34.3. The zero-order chi connectivity index (χ0) is 36.9. The van der Waals surface area contributed by atoms with Crippen LogP contribution >= 0.6 is 0 Å². The number of ether oxygens (including phenoxy) is 2.